The number of rotatable bonds is 7. The number of nitrogens with one attached hydrogen (secondary N) is 1. The number of carbonyl (C=O) groups is 1. The molecule has 3 aromatic carbocycles. The second-order valence-electron chi connectivity index (χ2n) is 8.16. The minimum atomic E-state index is -0.476. The van der Waals surface area contributed by atoms with E-state index in [1.165, 1.54) is 17.2 Å². The maximum atomic E-state index is 12.7. The summed E-state index contributed by atoms with van der Waals surface area (Å²) in [6.45, 7) is 8.50. The van der Waals surface area contributed by atoms with Crippen LogP contribution >= 0.6 is 15.9 Å². The highest BCUT2D eigenvalue weighted by Crippen LogP contribution is 2.38. The summed E-state index contributed by atoms with van der Waals surface area (Å²) in [5.41, 5.74) is 6.93. The fraction of sp³-hybridized carbons (Fsp3) is 0.214. The largest absolute Gasteiger partial charge is 0.493 e. The van der Waals surface area contributed by atoms with Gasteiger partial charge in [-0.3, -0.25) is 4.79 Å². The number of aryl methyl sites for hydroxylation is 4. The molecule has 0 heterocycles. The summed E-state index contributed by atoms with van der Waals surface area (Å²) in [6.07, 6.45) is 1.52. The molecule has 0 saturated heterocycles. The van der Waals surface area contributed by atoms with E-state index in [1.807, 2.05) is 44.2 Å². The van der Waals surface area contributed by atoms with Crippen LogP contribution in [0.3, 0.4) is 0 Å². The van der Waals surface area contributed by atoms with Crippen molar-refractivity contribution in [3.63, 3.8) is 0 Å². The number of benzene rings is 3. The predicted octanol–water partition coefficient (Wildman–Crippen LogP) is 6.82. The van der Waals surface area contributed by atoms with Gasteiger partial charge in [0.1, 0.15) is 18.2 Å². The molecule has 0 aliphatic rings. The molecule has 3 rings (SSSR count). The van der Waals surface area contributed by atoms with Crippen LogP contribution in [0.15, 0.2) is 58.6 Å². The molecule has 0 fully saturated rings. The van der Waals surface area contributed by atoms with Gasteiger partial charge in [-0.05, 0) is 107 Å². The van der Waals surface area contributed by atoms with Gasteiger partial charge in [0.25, 0.3) is 5.91 Å². The van der Waals surface area contributed by atoms with Gasteiger partial charge in [-0.1, -0.05) is 24.3 Å². The van der Waals surface area contributed by atoms with E-state index in [1.54, 1.807) is 19.2 Å². The van der Waals surface area contributed by atoms with Gasteiger partial charge in [0.15, 0.2) is 11.5 Å². The Balaban J connectivity index is 1.82. The number of nitrogens with zero attached hydrogens (tertiary/aromatic N) is 1. The van der Waals surface area contributed by atoms with Crippen LogP contribution in [0.1, 0.15) is 33.4 Å². The molecule has 34 heavy (non-hydrogen) atoms. The number of hydrogen-bond donors (Lipinski definition) is 1. The molecule has 0 radical (unpaired) electrons. The lowest BCUT2D eigenvalue weighted by Crippen LogP contribution is -2.13. The van der Waals surface area contributed by atoms with Crippen molar-refractivity contribution in [3.05, 3.63) is 92.0 Å². The number of hydrogen-bond acceptors (Lipinski definition) is 4. The molecule has 0 atom stereocenters. The van der Waals surface area contributed by atoms with Crippen molar-refractivity contribution in [1.82, 2.24) is 0 Å². The second-order valence-corrected chi connectivity index (χ2v) is 9.02. The standard InChI is InChI=1S/C28H27BrN2O3/c1-17-6-8-21(10-19(17)3)16-34-27-25(29)13-22(14-26(27)33-5)12-23(15-30)28(32)31-24-9-7-18(2)20(4)11-24/h6-14H,16H2,1-5H3,(H,31,32)/b23-12+. The molecule has 0 spiro atoms. The second kappa shape index (κ2) is 11.0. The summed E-state index contributed by atoms with van der Waals surface area (Å²) >= 11 is 3.54. The van der Waals surface area contributed by atoms with Crippen LogP contribution in [-0.2, 0) is 11.4 Å². The van der Waals surface area contributed by atoms with E-state index in [2.05, 4.69) is 47.2 Å². The van der Waals surface area contributed by atoms with Crippen molar-refractivity contribution in [1.29, 1.82) is 5.26 Å². The highest BCUT2D eigenvalue weighted by atomic mass is 79.9. The van der Waals surface area contributed by atoms with Crippen LogP contribution in [0.5, 0.6) is 11.5 Å². The third-order valence-electron chi connectivity index (χ3n) is 5.65. The quantitative estimate of drug-likeness (QED) is 0.275. The first-order chi connectivity index (χ1) is 16.2. The van der Waals surface area contributed by atoms with E-state index in [9.17, 15) is 10.1 Å². The Morgan fingerprint density at radius 1 is 1.00 bits per heavy atom. The lowest BCUT2D eigenvalue weighted by atomic mass is 10.1. The fourth-order valence-corrected chi connectivity index (χ4v) is 3.92. The Kier molecular flexibility index (Phi) is 8.14. The Labute approximate surface area is 209 Å². The molecule has 0 aliphatic heterocycles. The molecule has 1 amide bonds. The molecule has 6 heteroatoms. The van der Waals surface area contributed by atoms with E-state index >= 15 is 0 Å². The zero-order valence-corrected chi connectivity index (χ0v) is 21.5. The van der Waals surface area contributed by atoms with Crippen molar-refractivity contribution in [2.45, 2.75) is 34.3 Å². The third kappa shape index (κ3) is 6.06. The van der Waals surface area contributed by atoms with Gasteiger partial charge in [-0.15, -0.1) is 0 Å². The third-order valence-corrected chi connectivity index (χ3v) is 6.24. The minimum Gasteiger partial charge on any atom is -0.493 e. The highest BCUT2D eigenvalue weighted by molar-refractivity contribution is 9.10. The van der Waals surface area contributed by atoms with Crippen LogP contribution < -0.4 is 14.8 Å². The van der Waals surface area contributed by atoms with Crippen LogP contribution in [0.25, 0.3) is 6.08 Å². The molecule has 0 unspecified atom stereocenters. The lowest BCUT2D eigenvalue weighted by Gasteiger charge is -2.14. The number of anilines is 1. The Bertz CT molecular complexity index is 1310. The average molecular weight is 519 g/mol. The van der Waals surface area contributed by atoms with E-state index in [4.69, 9.17) is 9.47 Å². The maximum Gasteiger partial charge on any atom is 0.266 e. The molecular weight excluding hydrogens is 492 g/mol. The van der Waals surface area contributed by atoms with Gasteiger partial charge < -0.3 is 14.8 Å². The summed E-state index contributed by atoms with van der Waals surface area (Å²) in [5, 5.41) is 12.4. The molecule has 5 nitrogen and oxygen atoms in total. The Morgan fingerprint density at radius 3 is 2.29 bits per heavy atom. The number of nitriles is 1. The predicted molar refractivity (Wildman–Crippen MR) is 139 cm³/mol. The van der Waals surface area contributed by atoms with Crippen LogP contribution in [0, 0.1) is 39.0 Å². The molecule has 0 aliphatic carbocycles. The molecule has 1 N–H and O–H groups in total. The zero-order valence-electron chi connectivity index (χ0n) is 20.0. The SMILES string of the molecule is COc1cc(/C=C(\C#N)C(=O)Nc2ccc(C)c(C)c2)cc(Br)c1OCc1ccc(C)c(C)c1. The molecule has 0 aromatic heterocycles. The molecule has 174 valence electrons. The number of methoxy groups -OCH3 is 1. The normalized spacial score (nSPS) is 11.0. The van der Waals surface area contributed by atoms with E-state index in [-0.39, 0.29) is 5.57 Å². The summed E-state index contributed by atoms with van der Waals surface area (Å²) in [7, 11) is 1.55. The molecular formula is C28H27BrN2O3. The number of halogens is 1. The average Bonchev–Trinajstić information content (AvgIpc) is 2.80. The van der Waals surface area contributed by atoms with Gasteiger partial charge in [0.2, 0.25) is 0 Å². The Hall–Kier alpha value is -3.56. The number of carbonyl (C=O) groups excluding carboxylic acids is 1. The van der Waals surface area contributed by atoms with Gasteiger partial charge in [0, 0.05) is 5.69 Å². The van der Waals surface area contributed by atoms with Crippen molar-refractivity contribution < 1.29 is 14.3 Å². The van der Waals surface area contributed by atoms with E-state index < -0.39 is 5.91 Å². The summed E-state index contributed by atoms with van der Waals surface area (Å²) < 4.78 is 12.2. The van der Waals surface area contributed by atoms with Crippen molar-refractivity contribution in [2.75, 3.05) is 12.4 Å². The molecule has 3 aromatic rings. The van der Waals surface area contributed by atoms with Crippen molar-refractivity contribution in [2.24, 2.45) is 0 Å². The topological polar surface area (TPSA) is 71.3 Å². The highest BCUT2D eigenvalue weighted by Gasteiger charge is 2.15. The van der Waals surface area contributed by atoms with Crippen molar-refractivity contribution >= 4 is 33.6 Å². The maximum absolute atomic E-state index is 12.7. The summed E-state index contributed by atoms with van der Waals surface area (Å²) in [5.74, 6) is 0.572. The van der Waals surface area contributed by atoms with Gasteiger partial charge in [0.05, 0.1) is 11.6 Å². The first-order valence-corrected chi connectivity index (χ1v) is 11.6. The van der Waals surface area contributed by atoms with Crippen molar-refractivity contribution in [3.8, 4) is 17.6 Å². The van der Waals surface area contributed by atoms with Gasteiger partial charge >= 0.3 is 0 Å². The van der Waals surface area contributed by atoms with Crippen LogP contribution in [0.2, 0.25) is 0 Å². The Morgan fingerprint density at radius 2 is 1.68 bits per heavy atom. The molecule has 0 bridgehead atoms. The smallest absolute Gasteiger partial charge is 0.266 e. The van der Waals surface area contributed by atoms with Crippen LogP contribution in [0.4, 0.5) is 5.69 Å². The van der Waals surface area contributed by atoms with Crippen LogP contribution in [-0.4, -0.2) is 13.0 Å². The lowest BCUT2D eigenvalue weighted by molar-refractivity contribution is -0.112. The fourth-order valence-electron chi connectivity index (χ4n) is 3.34. The van der Waals surface area contributed by atoms with E-state index in [0.29, 0.717) is 33.8 Å². The molecule has 0 saturated carbocycles. The minimum absolute atomic E-state index is 0.0176. The summed E-state index contributed by atoms with van der Waals surface area (Å²) in [6, 6.07) is 17.3. The summed E-state index contributed by atoms with van der Waals surface area (Å²) in [4.78, 5) is 12.7. The van der Waals surface area contributed by atoms with E-state index in [0.717, 1.165) is 16.7 Å². The zero-order chi connectivity index (χ0) is 24.8. The number of amides is 1. The first kappa shape index (κ1) is 25.1. The van der Waals surface area contributed by atoms with Gasteiger partial charge in [-0.25, -0.2) is 0 Å². The number of ether oxygens (including phenoxy) is 2. The first-order valence-electron chi connectivity index (χ1n) is 10.8. The monoisotopic (exact) mass is 518 g/mol. The van der Waals surface area contributed by atoms with Gasteiger partial charge in [-0.2, -0.15) is 5.26 Å².